The lowest BCUT2D eigenvalue weighted by Crippen LogP contribution is -2.03. The van der Waals surface area contributed by atoms with E-state index in [1.54, 1.807) is 13.2 Å². The summed E-state index contributed by atoms with van der Waals surface area (Å²) in [5.74, 6) is -0.387. The molecule has 1 heterocycles. The molecule has 0 bridgehead atoms. The largest absolute Gasteiger partial charge is 0.496 e. The van der Waals surface area contributed by atoms with E-state index in [1.165, 1.54) is 6.07 Å². The molecule has 1 aromatic heterocycles. The molecular formula is C14H14N2O3. The SMILES string of the molecule is COc1cc(C)cc(C)c1-c1ccc(C(=O)O)nn1. The summed E-state index contributed by atoms with van der Waals surface area (Å²) < 4.78 is 5.35. The summed E-state index contributed by atoms with van der Waals surface area (Å²) in [7, 11) is 1.59. The van der Waals surface area contributed by atoms with Gasteiger partial charge in [0, 0.05) is 5.56 Å². The number of carbonyl (C=O) groups is 1. The highest BCUT2D eigenvalue weighted by molar-refractivity contribution is 5.85. The first-order valence-corrected chi connectivity index (χ1v) is 5.75. The second-order valence-electron chi connectivity index (χ2n) is 4.27. The first-order chi connectivity index (χ1) is 9.02. The monoisotopic (exact) mass is 258 g/mol. The van der Waals surface area contributed by atoms with E-state index in [0.717, 1.165) is 16.7 Å². The van der Waals surface area contributed by atoms with Crippen LogP contribution in [0, 0.1) is 13.8 Å². The topological polar surface area (TPSA) is 72.3 Å². The Morgan fingerprint density at radius 2 is 1.95 bits per heavy atom. The Bertz CT molecular complexity index is 621. The van der Waals surface area contributed by atoms with Crippen LogP contribution in [0.4, 0.5) is 0 Å². The van der Waals surface area contributed by atoms with Crippen molar-refractivity contribution < 1.29 is 14.6 Å². The number of carboxylic acids is 1. The van der Waals surface area contributed by atoms with Crippen molar-refractivity contribution in [1.82, 2.24) is 10.2 Å². The van der Waals surface area contributed by atoms with Gasteiger partial charge in [0.2, 0.25) is 0 Å². The Hall–Kier alpha value is -2.43. The Kier molecular flexibility index (Phi) is 3.46. The zero-order valence-electron chi connectivity index (χ0n) is 11.0. The molecule has 98 valence electrons. The van der Waals surface area contributed by atoms with E-state index < -0.39 is 5.97 Å². The Morgan fingerprint density at radius 3 is 2.47 bits per heavy atom. The number of methoxy groups -OCH3 is 1. The molecule has 1 N–H and O–H groups in total. The summed E-state index contributed by atoms with van der Waals surface area (Å²) in [4.78, 5) is 10.8. The second-order valence-corrected chi connectivity index (χ2v) is 4.27. The van der Waals surface area contributed by atoms with Gasteiger partial charge in [-0.3, -0.25) is 0 Å². The first-order valence-electron chi connectivity index (χ1n) is 5.75. The van der Waals surface area contributed by atoms with E-state index >= 15 is 0 Å². The van der Waals surface area contributed by atoms with E-state index in [2.05, 4.69) is 10.2 Å². The molecule has 5 nitrogen and oxygen atoms in total. The van der Waals surface area contributed by atoms with Crippen molar-refractivity contribution in [2.45, 2.75) is 13.8 Å². The number of aromatic nitrogens is 2. The highest BCUT2D eigenvalue weighted by atomic mass is 16.5. The molecule has 0 fully saturated rings. The molecule has 0 radical (unpaired) electrons. The van der Waals surface area contributed by atoms with Crippen molar-refractivity contribution in [2.24, 2.45) is 0 Å². The molecule has 0 aliphatic carbocycles. The summed E-state index contributed by atoms with van der Waals surface area (Å²) in [5, 5.41) is 16.5. The van der Waals surface area contributed by atoms with Crippen molar-refractivity contribution in [3.05, 3.63) is 41.1 Å². The molecule has 0 saturated carbocycles. The Balaban J connectivity index is 2.55. The van der Waals surface area contributed by atoms with Gasteiger partial charge >= 0.3 is 5.97 Å². The van der Waals surface area contributed by atoms with Crippen LogP contribution in [0.5, 0.6) is 5.75 Å². The van der Waals surface area contributed by atoms with Crippen molar-refractivity contribution in [3.8, 4) is 17.0 Å². The molecule has 0 saturated heterocycles. The minimum absolute atomic E-state index is 0.0764. The molecule has 0 amide bonds. The van der Waals surface area contributed by atoms with Gasteiger partial charge in [0.25, 0.3) is 0 Å². The summed E-state index contributed by atoms with van der Waals surface area (Å²) in [5.41, 5.74) is 3.45. The molecule has 0 aliphatic rings. The lowest BCUT2D eigenvalue weighted by molar-refractivity contribution is 0.0689. The third-order valence-corrected chi connectivity index (χ3v) is 2.80. The van der Waals surface area contributed by atoms with Gasteiger partial charge in [0.05, 0.1) is 12.8 Å². The molecule has 2 aromatic rings. The zero-order chi connectivity index (χ0) is 14.0. The van der Waals surface area contributed by atoms with Crippen LogP contribution in [0.15, 0.2) is 24.3 Å². The number of aryl methyl sites for hydroxylation is 2. The molecule has 2 rings (SSSR count). The van der Waals surface area contributed by atoms with Crippen LogP contribution >= 0.6 is 0 Å². The van der Waals surface area contributed by atoms with Crippen molar-refractivity contribution >= 4 is 5.97 Å². The smallest absolute Gasteiger partial charge is 0.356 e. The molecule has 0 spiro atoms. The fraction of sp³-hybridized carbons (Fsp3) is 0.214. The molecule has 19 heavy (non-hydrogen) atoms. The van der Waals surface area contributed by atoms with Crippen LogP contribution in [0.25, 0.3) is 11.3 Å². The summed E-state index contributed by atoms with van der Waals surface area (Å²) in [6.45, 7) is 3.94. The fourth-order valence-electron chi connectivity index (χ4n) is 2.00. The maximum Gasteiger partial charge on any atom is 0.356 e. The quantitative estimate of drug-likeness (QED) is 0.915. The standard InChI is InChI=1S/C14H14N2O3/c1-8-6-9(2)13(12(7-8)19-3)10-4-5-11(14(17)18)16-15-10/h4-7H,1-3H3,(H,17,18). The lowest BCUT2D eigenvalue weighted by Gasteiger charge is -2.12. The van der Waals surface area contributed by atoms with Gasteiger partial charge < -0.3 is 9.84 Å². The van der Waals surface area contributed by atoms with E-state index in [-0.39, 0.29) is 5.69 Å². The van der Waals surface area contributed by atoms with Gasteiger partial charge in [-0.2, -0.15) is 0 Å². The van der Waals surface area contributed by atoms with Crippen molar-refractivity contribution in [3.63, 3.8) is 0 Å². The third-order valence-electron chi connectivity index (χ3n) is 2.80. The van der Waals surface area contributed by atoms with E-state index in [0.29, 0.717) is 11.4 Å². The average Bonchev–Trinajstić information content (AvgIpc) is 2.38. The number of hydrogen-bond donors (Lipinski definition) is 1. The molecule has 0 unspecified atom stereocenters. The molecule has 0 atom stereocenters. The van der Waals surface area contributed by atoms with Crippen LogP contribution < -0.4 is 4.74 Å². The predicted molar refractivity (Wildman–Crippen MR) is 70.5 cm³/mol. The minimum Gasteiger partial charge on any atom is -0.496 e. The van der Waals surface area contributed by atoms with E-state index in [4.69, 9.17) is 9.84 Å². The van der Waals surface area contributed by atoms with Crippen LogP contribution in [0.1, 0.15) is 21.6 Å². The number of hydrogen-bond acceptors (Lipinski definition) is 4. The molecular weight excluding hydrogens is 244 g/mol. The van der Waals surface area contributed by atoms with Gasteiger partial charge in [-0.15, -0.1) is 10.2 Å². The summed E-state index contributed by atoms with van der Waals surface area (Å²) >= 11 is 0. The number of aromatic carboxylic acids is 1. The van der Waals surface area contributed by atoms with Gasteiger partial charge in [-0.05, 0) is 43.2 Å². The fourth-order valence-corrected chi connectivity index (χ4v) is 2.00. The van der Waals surface area contributed by atoms with Crippen LogP contribution in [0.2, 0.25) is 0 Å². The highest BCUT2D eigenvalue weighted by Crippen LogP contribution is 2.32. The summed E-state index contributed by atoms with van der Waals surface area (Å²) in [6.07, 6.45) is 0. The lowest BCUT2D eigenvalue weighted by atomic mass is 10.0. The summed E-state index contributed by atoms with van der Waals surface area (Å²) in [6, 6.07) is 7.00. The van der Waals surface area contributed by atoms with Gasteiger partial charge in [0.1, 0.15) is 5.75 Å². The van der Waals surface area contributed by atoms with E-state index in [9.17, 15) is 4.79 Å². The number of carboxylic acid groups (broad SMARTS) is 1. The Morgan fingerprint density at radius 1 is 1.21 bits per heavy atom. The highest BCUT2D eigenvalue weighted by Gasteiger charge is 2.13. The normalized spacial score (nSPS) is 10.3. The number of ether oxygens (including phenoxy) is 1. The first kappa shape index (κ1) is 13.0. The number of benzene rings is 1. The number of nitrogens with zero attached hydrogens (tertiary/aromatic N) is 2. The van der Waals surface area contributed by atoms with Crippen LogP contribution in [-0.4, -0.2) is 28.4 Å². The van der Waals surface area contributed by atoms with Gasteiger partial charge in [-0.1, -0.05) is 6.07 Å². The second kappa shape index (κ2) is 5.06. The van der Waals surface area contributed by atoms with Crippen molar-refractivity contribution in [1.29, 1.82) is 0 Å². The maximum atomic E-state index is 10.8. The van der Waals surface area contributed by atoms with Crippen LogP contribution in [0.3, 0.4) is 0 Å². The van der Waals surface area contributed by atoms with Gasteiger partial charge in [-0.25, -0.2) is 4.79 Å². The maximum absolute atomic E-state index is 10.8. The average molecular weight is 258 g/mol. The van der Waals surface area contributed by atoms with E-state index in [1.807, 2.05) is 26.0 Å². The minimum atomic E-state index is -1.09. The molecule has 0 aliphatic heterocycles. The van der Waals surface area contributed by atoms with Crippen LogP contribution in [-0.2, 0) is 0 Å². The number of rotatable bonds is 3. The molecule has 5 heteroatoms. The van der Waals surface area contributed by atoms with Crippen molar-refractivity contribution in [2.75, 3.05) is 7.11 Å². The van der Waals surface area contributed by atoms with Gasteiger partial charge in [0.15, 0.2) is 5.69 Å². The predicted octanol–water partition coefficient (Wildman–Crippen LogP) is 2.47. The zero-order valence-corrected chi connectivity index (χ0v) is 11.0. The molecule has 1 aromatic carbocycles. The third kappa shape index (κ3) is 2.54. The Labute approximate surface area is 110 Å².